The highest BCUT2D eigenvalue weighted by molar-refractivity contribution is 5.35. The van der Waals surface area contributed by atoms with Gasteiger partial charge in [-0.05, 0) is 25.8 Å². The van der Waals surface area contributed by atoms with E-state index in [0.717, 1.165) is 24.0 Å². The predicted molar refractivity (Wildman–Crippen MR) is 58.7 cm³/mol. The lowest BCUT2D eigenvalue weighted by Crippen LogP contribution is -2.34. The summed E-state index contributed by atoms with van der Waals surface area (Å²) in [6.45, 7) is 2.80. The molecule has 0 radical (unpaired) electrons. The van der Waals surface area contributed by atoms with Crippen molar-refractivity contribution in [3.05, 3.63) is 29.3 Å². The van der Waals surface area contributed by atoms with Crippen molar-refractivity contribution < 1.29 is 10.2 Å². The number of phenolic OH excluding ortho intramolecular Hbond substituents is 1. The second-order valence-electron chi connectivity index (χ2n) is 4.42. The van der Waals surface area contributed by atoms with Crippen LogP contribution in [0.15, 0.2) is 18.2 Å². The number of phenols is 1. The Morgan fingerprint density at radius 3 is 2.73 bits per heavy atom. The topological polar surface area (TPSA) is 52.5 Å². The molecule has 1 aliphatic rings. The monoisotopic (exact) mass is 207 g/mol. The van der Waals surface area contributed by atoms with Gasteiger partial charge in [-0.25, -0.2) is 0 Å². The maximum atomic E-state index is 9.62. The molecule has 2 rings (SSSR count). The van der Waals surface area contributed by atoms with Gasteiger partial charge in [-0.1, -0.05) is 17.7 Å². The molecule has 0 aliphatic heterocycles. The summed E-state index contributed by atoms with van der Waals surface area (Å²) < 4.78 is 0. The molecular weight excluding hydrogens is 190 g/mol. The number of nitrogens with one attached hydrogen (secondary N) is 1. The summed E-state index contributed by atoms with van der Waals surface area (Å²) >= 11 is 0. The van der Waals surface area contributed by atoms with E-state index in [1.807, 2.05) is 19.1 Å². The molecule has 1 saturated carbocycles. The van der Waals surface area contributed by atoms with Crippen LogP contribution >= 0.6 is 0 Å². The average molecular weight is 207 g/mol. The zero-order valence-electron chi connectivity index (χ0n) is 8.95. The van der Waals surface area contributed by atoms with Gasteiger partial charge in [-0.3, -0.25) is 0 Å². The molecule has 1 fully saturated rings. The Balaban J connectivity index is 2.01. The molecule has 1 aromatic rings. The number of hydrogen-bond acceptors (Lipinski definition) is 3. The minimum absolute atomic E-state index is 0.0732. The van der Waals surface area contributed by atoms with E-state index < -0.39 is 0 Å². The molecule has 0 saturated heterocycles. The van der Waals surface area contributed by atoms with Gasteiger partial charge in [-0.15, -0.1) is 0 Å². The van der Waals surface area contributed by atoms with Crippen LogP contribution in [0.5, 0.6) is 5.75 Å². The van der Waals surface area contributed by atoms with Gasteiger partial charge in [0, 0.05) is 17.6 Å². The first-order valence-corrected chi connectivity index (χ1v) is 5.30. The number of aliphatic hydroxyl groups is 1. The number of aliphatic hydroxyl groups excluding tert-OH is 1. The summed E-state index contributed by atoms with van der Waals surface area (Å²) in [5.41, 5.74) is 1.96. The largest absolute Gasteiger partial charge is 0.508 e. The molecular formula is C12H17NO2. The molecule has 1 aliphatic carbocycles. The zero-order valence-corrected chi connectivity index (χ0v) is 8.95. The third-order valence-corrected chi connectivity index (χ3v) is 3.05. The summed E-state index contributed by atoms with van der Waals surface area (Å²) in [7, 11) is 0. The minimum atomic E-state index is -0.0732. The number of aromatic hydroxyl groups is 1. The summed E-state index contributed by atoms with van der Waals surface area (Å²) in [6.07, 6.45) is 2.05. The van der Waals surface area contributed by atoms with Crippen LogP contribution in [0.3, 0.4) is 0 Å². The number of hydrogen-bond donors (Lipinski definition) is 3. The second kappa shape index (κ2) is 3.83. The van der Waals surface area contributed by atoms with Crippen LogP contribution in [0.1, 0.15) is 24.0 Å². The van der Waals surface area contributed by atoms with Gasteiger partial charge in [0.05, 0.1) is 6.61 Å². The van der Waals surface area contributed by atoms with Crippen molar-refractivity contribution in [2.75, 3.05) is 6.61 Å². The minimum Gasteiger partial charge on any atom is -0.508 e. The van der Waals surface area contributed by atoms with Gasteiger partial charge in [0.15, 0.2) is 0 Å². The molecule has 15 heavy (non-hydrogen) atoms. The lowest BCUT2D eigenvalue weighted by Gasteiger charge is -2.15. The molecule has 0 amide bonds. The molecule has 1 aromatic carbocycles. The lowest BCUT2D eigenvalue weighted by atomic mass is 10.1. The average Bonchev–Trinajstić information content (AvgIpc) is 3.00. The Morgan fingerprint density at radius 1 is 1.40 bits per heavy atom. The smallest absolute Gasteiger partial charge is 0.120 e. The Morgan fingerprint density at radius 2 is 2.13 bits per heavy atom. The third-order valence-electron chi connectivity index (χ3n) is 3.05. The first-order chi connectivity index (χ1) is 7.15. The van der Waals surface area contributed by atoms with Gasteiger partial charge in [0.25, 0.3) is 0 Å². The van der Waals surface area contributed by atoms with Gasteiger partial charge in [0.2, 0.25) is 0 Å². The standard InChI is InChI=1S/C12H17NO2/c1-9-2-3-11(15)10(6-9)7-13-12(8-14)4-5-12/h2-3,6,13-15H,4-5,7-8H2,1H3. The predicted octanol–water partition coefficient (Wildman–Crippen LogP) is 1.32. The summed E-state index contributed by atoms with van der Waals surface area (Å²) in [6, 6.07) is 5.57. The third kappa shape index (κ3) is 2.30. The number of benzene rings is 1. The maximum absolute atomic E-state index is 9.62. The van der Waals surface area contributed by atoms with Crippen LogP contribution in [-0.4, -0.2) is 22.4 Å². The first kappa shape index (κ1) is 10.5. The van der Waals surface area contributed by atoms with E-state index in [-0.39, 0.29) is 12.1 Å². The van der Waals surface area contributed by atoms with Crippen molar-refractivity contribution in [1.29, 1.82) is 0 Å². The van der Waals surface area contributed by atoms with Crippen molar-refractivity contribution in [2.45, 2.75) is 31.8 Å². The zero-order chi connectivity index (χ0) is 10.9. The van der Waals surface area contributed by atoms with Crippen LogP contribution in [0.25, 0.3) is 0 Å². The molecule has 0 heterocycles. The molecule has 82 valence electrons. The molecule has 0 spiro atoms. The lowest BCUT2D eigenvalue weighted by molar-refractivity contribution is 0.229. The van der Waals surface area contributed by atoms with E-state index in [9.17, 15) is 5.11 Å². The summed E-state index contributed by atoms with van der Waals surface area (Å²) in [5, 5.41) is 22.0. The molecule has 0 unspecified atom stereocenters. The van der Waals surface area contributed by atoms with Crippen molar-refractivity contribution in [3.63, 3.8) is 0 Å². The molecule has 3 N–H and O–H groups in total. The fourth-order valence-electron chi connectivity index (χ4n) is 1.68. The highest BCUT2D eigenvalue weighted by Crippen LogP contribution is 2.35. The van der Waals surface area contributed by atoms with Gasteiger partial charge in [-0.2, -0.15) is 0 Å². The van der Waals surface area contributed by atoms with E-state index in [2.05, 4.69) is 5.32 Å². The van der Waals surface area contributed by atoms with Crippen LogP contribution in [-0.2, 0) is 6.54 Å². The molecule has 3 nitrogen and oxygen atoms in total. The van der Waals surface area contributed by atoms with E-state index in [1.54, 1.807) is 6.07 Å². The normalized spacial score (nSPS) is 17.7. The van der Waals surface area contributed by atoms with Crippen molar-refractivity contribution >= 4 is 0 Å². The molecule has 0 bridgehead atoms. The molecule has 0 aromatic heterocycles. The second-order valence-corrected chi connectivity index (χ2v) is 4.42. The van der Waals surface area contributed by atoms with E-state index in [0.29, 0.717) is 12.3 Å². The number of rotatable bonds is 4. The van der Waals surface area contributed by atoms with Crippen LogP contribution < -0.4 is 5.32 Å². The number of aryl methyl sites for hydroxylation is 1. The fraction of sp³-hybridized carbons (Fsp3) is 0.500. The molecule has 3 heteroatoms. The fourth-order valence-corrected chi connectivity index (χ4v) is 1.68. The Labute approximate surface area is 89.8 Å². The van der Waals surface area contributed by atoms with E-state index in [4.69, 9.17) is 5.11 Å². The highest BCUT2D eigenvalue weighted by atomic mass is 16.3. The SMILES string of the molecule is Cc1ccc(O)c(CNC2(CO)CC2)c1. The van der Waals surface area contributed by atoms with E-state index in [1.165, 1.54) is 0 Å². The maximum Gasteiger partial charge on any atom is 0.120 e. The Bertz CT molecular complexity index is 359. The van der Waals surface area contributed by atoms with Crippen LogP contribution in [0.4, 0.5) is 0 Å². The Kier molecular flexibility index (Phi) is 2.67. The van der Waals surface area contributed by atoms with E-state index >= 15 is 0 Å². The Hall–Kier alpha value is -1.06. The van der Waals surface area contributed by atoms with Crippen LogP contribution in [0, 0.1) is 6.92 Å². The van der Waals surface area contributed by atoms with Crippen molar-refractivity contribution in [1.82, 2.24) is 5.32 Å². The summed E-state index contributed by atoms with van der Waals surface area (Å²) in [5.74, 6) is 0.321. The highest BCUT2D eigenvalue weighted by Gasteiger charge is 2.41. The van der Waals surface area contributed by atoms with Gasteiger partial charge < -0.3 is 15.5 Å². The first-order valence-electron chi connectivity index (χ1n) is 5.30. The van der Waals surface area contributed by atoms with Crippen molar-refractivity contribution in [3.8, 4) is 5.75 Å². The van der Waals surface area contributed by atoms with Gasteiger partial charge >= 0.3 is 0 Å². The van der Waals surface area contributed by atoms with Gasteiger partial charge in [0.1, 0.15) is 5.75 Å². The van der Waals surface area contributed by atoms with Crippen LogP contribution in [0.2, 0.25) is 0 Å². The molecule has 0 atom stereocenters. The quantitative estimate of drug-likeness (QED) is 0.698. The summed E-state index contributed by atoms with van der Waals surface area (Å²) in [4.78, 5) is 0. The van der Waals surface area contributed by atoms with Crippen molar-refractivity contribution in [2.24, 2.45) is 0 Å².